The van der Waals surface area contributed by atoms with Crippen LogP contribution in [0.25, 0.3) is 0 Å². The fourth-order valence-corrected chi connectivity index (χ4v) is 1.28. The van der Waals surface area contributed by atoms with E-state index in [-0.39, 0.29) is 5.41 Å². The predicted octanol–water partition coefficient (Wildman–Crippen LogP) is 3.20. The van der Waals surface area contributed by atoms with Gasteiger partial charge < -0.3 is 4.74 Å². The van der Waals surface area contributed by atoms with Gasteiger partial charge in [-0.1, -0.05) is 32.4 Å². The first-order chi connectivity index (χ1) is 6.86. The van der Waals surface area contributed by atoms with Crippen LogP contribution in [0.1, 0.15) is 32.0 Å². The largest absolute Gasteiger partial charge is 0.388 e. The van der Waals surface area contributed by atoms with Crippen molar-refractivity contribution in [2.75, 3.05) is 0 Å². The molecule has 15 heavy (non-hydrogen) atoms. The maximum Gasteiger partial charge on any atom is 0.292 e. The van der Waals surface area contributed by atoms with E-state index < -0.39 is 0 Å². The molecule has 0 aliphatic rings. The standard InChI is InChI=1S/C11H13ClN2O/c1-7-8(15-6-13)5-9(11(2,3)4)14-10(7)12/h5H,1-4H3. The van der Waals surface area contributed by atoms with Crippen LogP contribution in [0.4, 0.5) is 0 Å². The number of halogens is 1. The zero-order chi connectivity index (χ0) is 11.6. The Morgan fingerprint density at radius 1 is 1.47 bits per heavy atom. The van der Waals surface area contributed by atoms with Crippen LogP contribution >= 0.6 is 11.6 Å². The maximum atomic E-state index is 8.49. The van der Waals surface area contributed by atoms with Crippen molar-refractivity contribution in [2.45, 2.75) is 33.1 Å². The summed E-state index contributed by atoms with van der Waals surface area (Å²) in [6.07, 6.45) is 1.64. The second-order valence-corrected chi connectivity index (χ2v) is 4.72. The van der Waals surface area contributed by atoms with Crippen LogP contribution in [-0.4, -0.2) is 4.98 Å². The fourth-order valence-electron chi connectivity index (χ4n) is 1.10. The Morgan fingerprint density at radius 2 is 2.07 bits per heavy atom. The molecular weight excluding hydrogens is 212 g/mol. The summed E-state index contributed by atoms with van der Waals surface area (Å²) >= 11 is 5.96. The molecule has 1 aromatic heterocycles. The molecule has 0 aliphatic carbocycles. The highest BCUT2D eigenvalue weighted by atomic mass is 35.5. The van der Waals surface area contributed by atoms with Crippen molar-refractivity contribution in [3.05, 3.63) is 22.5 Å². The Hall–Kier alpha value is -1.27. The van der Waals surface area contributed by atoms with Gasteiger partial charge in [-0.3, -0.25) is 0 Å². The van der Waals surface area contributed by atoms with Crippen molar-refractivity contribution < 1.29 is 4.74 Å². The van der Waals surface area contributed by atoms with Crippen molar-refractivity contribution in [3.8, 4) is 12.0 Å². The normalized spacial score (nSPS) is 10.9. The monoisotopic (exact) mass is 224 g/mol. The van der Waals surface area contributed by atoms with Crippen LogP contribution in [-0.2, 0) is 5.41 Å². The maximum absolute atomic E-state index is 8.49. The summed E-state index contributed by atoms with van der Waals surface area (Å²) in [7, 11) is 0. The van der Waals surface area contributed by atoms with Gasteiger partial charge in [-0.25, -0.2) is 4.98 Å². The lowest BCUT2D eigenvalue weighted by Crippen LogP contribution is -2.14. The number of aromatic nitrogens is 1. The number of ether oxygens (including phenoxy) is 1. The zero-order valence-electron chi connectivity index (χ0n) is 9.26. The molecule has 1 aromatic rings. The van der Waals surface area contributed by atoms with E-state index in [1.807, 2.05) is 20.8 Å². The minimum absolute atomic E-state index is 0.120. The highest BCUT2D eigenvalue weighted by molar-refractivity contribution is 6.30. The zero-order valence-corrected chi connectivity index (χ0v) is 10.0. The summed E-state index contributed by atoms with van der Waals surface area (Å²) < 4.78 is 4.83. The molecular formula is C11H13ClN2O. The van der Waals surface area contributed by atoms with Crippen LogP contribution in [0, 0.1) is 18.4 Å². The van der Waals surface area contributed by atoms with E-state index in [0.717, 1.165) is 5.69 Å². The third-order valence-electron chi connectivity index (χ3n) is 2.09. The summed E-state index contributed by atoms with van der Waals surface area (Å²) in [6.45, 7) is 7.85. The van der Waals surface area contributed by atoms with Crippen molar-refractivity contribution in [1.29, 1.82) is 5.26 Å². The molecule has 0 bridgehead atoms. The number of nitrogens with zero attached hydrogens (tertiary/aromatic N) is 2. The third-order valence-corrected chi connectivity index (χ3v) is 2.46. The molecule has 3 nitrogen and oxygen atoms in total. The van der Waals surface area contributed by atoms with Crippen LogP contribution in [0.5, 0.6) is 5.75 Å². The van der Waals surface area contributed by atoms with Crippen molar-refractivity contribution in [3.63, 3.8) is 0 Å². The van der Waals surface area contributed by atoms with Gasteiger partial charge in [0, 0.05) is 17.0 Å². The van der Waals surface area contributed by atoms with Crippen LogP contribution in [0.3, 0.4) is 0 Å². The molecule has 80 valence electrons. The average Bonchev–Trinajstić information content (AvgIpc) is 2.11. The molecule has 0 saturated heterocycles. The van der Waals surface area contributed by atoms with Crippen molar-refractivity contribution in [2.24, 2.45) is 0 Å². The van der Waals surface area contributed by atoms with E-state index in [1.54, 1.807) is 19.2 Å². The molecule has 0 spiro atoms. The number of hydrogen-bond acceptors (Lipinski definition) is 3. The van der Waals surface area contributed by atoms with Gasteiger partial charge >= 0.3 is 0 Å². The van der Waals surface area contributed by atoms with Crippen LogP contribution < -0.4 is 4.74 Å². The van der Waals surface area contributed by atoms with Gasteiger partial charge in [0.15, 0.2) is 0 Å². The molecule has 0 amide bonds. The Kier molecular flexibility index (Phi) is 3.21. The van der Waals surface area contributed by atoms with Crippen molar-refractivity contribution in [1.82, 2.24) is 4.98 Å². The van der Waals surface area contributed by atoms with Gasteiger partial charge in [0.2, 0.25) is 0 Å². The molecule has 0 aliphatic heterocycles. The first-order valence-corrected chi connectivity index (χ1v) is 4.97. The lowest BCUT2D eigenvalue weighted by molar-refractivity contribution is 0.493. The van der Waals surface area contributed by atoms with E-state index in [2.05, 4.69) is 4.98 Å². The molecule has 0 saturated carbocycles. The molecule has 1 rings (SSSR count). The van der Waals surface area contributed by atoms with Gasteiger partial charge in [-0.05, 0) is 6.92 Å². The van der Waals surface area contributed by atoms with Gasteiger partial charge in [-0.2, -0.15) is 0 Å². The van der Waals surface area contributed by atoms with Crippen LogP contribution in [0.15, 0.2) is 6.07 Å². The van der Waals surface area contributed by atoms with Gasteiger partial charge in [0.1, 0.15) is 10.9 Å². The first-order valence-electron chi connectivity index (χ1n) is 4.60. The van der Waals surface area contributed by atoms with Gasteiger partial charge in [0.25, 0.3) is 6.26 Å². The number of rotatable bonds is 1. The summed E-state index contributed by atoms with van der Waals surface area (Å²) in [5.41, 5.74) is 1.37. The van der Waals surface area contributed by atoms with Gasteiger partial charge in [-0.15, -0.1) is 5.26 Å². The lowest BCUT2D eigenvalue weighted by atomic mass is 9.91. The minimum Gasteiger partial charge on any atom is -0.388 e. The van der Waals surface area contributed by atoms with E-state index >= 15 is 0 Å². The molecule has 1 heterocycles. The molecule has 4 heteroatoms. The van der Waals surface area contributed by atoms with Crippen molar-refractivity contribution >= 4 is 11.6 Å². The Morgan fingerprint density at radius 3 is 2.53 bits per heavy atom. The second kappa shape index (κ2) is 4.08. The topological polar surface area (TPSA) is 45.9 Å². The Bertz CT molecular complexity index is 416. The molecule has 0 unspecified atom stereocenters. The van der Waals surface area contributed by atoms with E-state index in [0.29, 0.717) is 16.5 Å². The minimum atomic E-state index is -0.120. The second-order valence-electron chi connectivity index (χ2n) is 4.36. The fraction of sp³-hybridized carbons (Fsp3) is 0.455. The molecule has 0 N–H and O–H groups in total. The predicted molar refractivity (Wildman–Crippen MR) is 58.9 cm³/mol. The number of pyridine rings is 1. The summed E-state index contributed by atoms with van der Waals surface area (Å²) in [5.74, 6) is 0.474. The number of hydrogen-bond donors (Lipinski definition) is 0. The highest BCUT2D eigenvalue weighted by Gasteiger charge is 2.19. The summed E-state index contributed by atoms with van der Waals surface area (Å²) in [5, 5.41) is 8.88. The van der Waals surface area contributed by atoms with Crippen LogP contribution in [0.2, 0.25) is 5.15 Å². The van der Waals surface area contributed by atoms with E-state index in [9.17, 15) is 0 Å². The average molecular weight is 225 g/mol. The number of nitriles is 1. The molecule has 0 radical (unpaired) electrons. The highest BCUT2D eigenvalue weighted by Crippen LogP contribution is 2.30. The summed E-state index contributed by atoms with van der Waals surface area (Å²) in [6, 6.07) is 1.75. The Balaban J connectivity index is 3.31. The smallest absolute Gasteiger partial charge is 0.292 e. The molecule has 0 aromatic carbocycles. The Labute approximate surface area is 94.7 Å². The third kappa shape index (κ3) is 2.60. The quantitative estimate of drug-likeness (QED) is 0.544. The lowest BCUT2D eigenvalue weighted by Gasteiger charge is -2.19. The van der Waals surface area contributed by atoms with E-state index in [1.165, 1.54) is 0 Å². The van der Waals surface area contributed by atoms with E-state index in [4.69, 9.17) is 21.6 Å². The molecule has 0 atom stereocenters. The summed E-state index contributed by atoms with van der Waals surface area (Å²) in [4.78, 5) is 4.26. The SMILES string of the molecule is Cc1c(OC#N)cc(C(C)(C)C)nc1Cl. The molecule has 0 fully saturated rings. The van der Waals surface area contributed by atoms with Gasteiger partial charge in [0.05, 0.1) is 5.69 Å². The first kappa shape index (κ1) is 11.8.